The second-order valence-corrected chi connectivity index (χ2v) is 9.64. The molecule has 10 heteroatoms. The fraction of sp³-hybridized carbons (Fsp3) is 0.261. The van der Waals surface area contributed by atoms with Gasteiger partial charge in [-0.2, -0.15) is 0 Å². The highest BCUT2D eigenvalue weighted by molar-refractivity contribution is 9.10. The Bertz CT molecular complexity index is 1160. The Morgan fingerprint density at radius 1 is 1.36 bits per heavy atom. The topological polar surface area (TPSA) is 74.2 Å². The van der Waals surface area contributed by atoms with Crippen molar-refractivity contribution in [3.05, 3.63) is 69.7 Å². The van der Waals surface area contributed by atoms with E-state index in [1.54, 1.807) is 42.2 Å². The lowest BCUT2D eigenvalue weighted by Gasteiger charge is -2.48. The van der Waals surface area contributed by atoms with Crippen LogP contribution >= 0.6 is 39.3 Å². The second-order valence-electron chi connectivity index (χ2n) is 7.34. The minimum Gasteiger partial charge on any atom is -0.495 e. The largest absolute Gasteiger partial charge is 0.495 e. The number of hydrazone groups is 1. The van der Waals surface area contributed by atoms with E-state index in [1.807, 2.05) is 24.3 Å². The third kappa shape index (κ3) is 4.25. The molecule has 4 rings (SSSR count). The van der Waals surface area contributed by atoms with E-state index >= 15 is 0 Å². The Hall–Kier alpha value is -2.49. The van der Waals surface area contributed by atoms with Crippen molar-refractivity contribution in [1.29, 1.82) is 0 Å². The van der Waals surface area contributed by atoms with Crippen molar-refractivity contribution in [2.24, 2.45) is 5.10 Å². The van der Waals surface area contributed by atoms with Crippen molar-refractivity contribution in [1.82, 2.24) is 10.3 Å². The van der Waals surface area contributed by atoms with Gasteiger partial charge < -0.3 is 10.1 Å². The predicted molar refractivity (Wildman–Crippen MR) is 135 cm³/mol. The Labute approximate surface area is 209 Å². The van der Waals surface area contributed by atoms with Gasteiger partial charge in [-0.05, 0) is 34.1 Å². The summed E-state index contributed by atoms with van der Waals surface area (Å²) >= 11 is 11.3. The van der Waals surface area contributed by atoms with Gasteiger partial charge in [-0.15, -0.1) is 11.7 Å². The summed E-state index contributed by atoms with van der Waals surface area (Å²) in [6.45, 7) is 5.54. The van der Waals surface area contributed by atoms with Crippen LogP contribution in [0.3, 0.4) is 0 Å². The monoisotopic (exact) mass is 548 g/mol. The normalized spacial score (nSPS) is 19.3. The summed E-state index contributed by atoms with van der Waals surface area (Å²) < 4.78 is 6.33. The number of fused-ring (bicyclic) bond motifs is 3. The Kier molecular flexibility index (Phi) is 7.02. The zero-order chi connectivity index (χ0) is 23.7. The predicted octanol–water partition coefficient (Wildman–Crippen LogP) is 5.23. The van der Waals surface area contributed by atoms with Crippen LogP contribution in [-0.4, -0.2) is 34.9 Å². The maximum Gasteiger partial charge on any atom is 0.255 e. The molecule has 0 aliphatic carbocycles. The summed E-state index contributed by atoms with van der Waals surface area (Å²) in [7, 11) is 1.55. The molecule has 0 saturated carbocycles. The molecule has 2 aromatic rings. The van der Waals surface area contributed by atoms with E-state index in [4.69, 9.17) is 21.4 Å². The summed E-state index contributed by atoms with van der Waals surface area (Å²) in [5.74, 6) is 0.740. The van der Waals surface area contributed by atoms with E-state index in [9.17, 15) is 9.59 Å². The van der Waals surface area contributed by atoms with Gasteiger partial charge in [-0.25, -0.2) is 0 Å². The molecule has 172 valence electrons. The molecule has 2 amide bonds. The lowest BCUT2D eigenvalue weighted by atomic mass is 9.94. The SMILES string of the molecule is C=CCSC1=NN2C(C(=O)N1)c1ccccc1N(C(=O)CC)C2c1cc(Cl)cc(Br)c1OC. The van der Waals surface area contributed by atoms with Gasteiger partial charge in [0.25, 0.3) is 5.91 Å². The molecule has 0 bridgehead atoms. The molecule has 7 nitrogen and oxygen atoms in total. The lowest BCUT2D eigenvalue weighted by Crippen LogP contribution is -2.55. The first-order valence-electron chi connectivity index (χ1n) is 10.3. The number of ether oxygens (including phenoxy) is 1. The Morgan fingerprint density at radius 2 is 2.12 bits per heavy atom. The zero-order valence-electron chi connectivity index (χ0n) is 18.0. The van der Waals surface area contributed by atoms with Gasteiger partial charge in [0.2, 0.25) is 5.91 Å². The maximum atomic E-state index is 13.3. The first-order valence-corrected chi connectivity index (χ1v) is 12.4. The van der Waals surface area contributed by atoms with Crippen LogP contribution in [0.15, 0.2) is 58.6 Å². The summed E-state index contributed by atoms with van der Waals surface area (Å²) in [5, 5.41) is 10.2. The number of nitrogens with one attached hydrogen (secondary N) is 1. The van der Waals surface area contributed by atoms with Gasteiger partial charge in [-0.3, -0.25) is 19.5 Å². The lowest BCUT2D eigenvalue weighted by molar-refractivity contribution is -0.130. The van der Waals surface area contributed by atoms with E-state index in [2.05, 4.69) is 27.8 Å². The van der Waals surface area contributed by atoms with Crippen LogP contribution in [0.25, 0.3) is 0 Å². The zero-order valence-corrected chi connectivity index (χ0v) is 21.2. The van der Waals surface area contributed by atoms with Crippen molar-refractivity contribution in [2.45, 2.75) is 25.6 Å². The molecule has 2 atom stereocenters. The van der Waals surface area contributed by atoms with E-state index in [0.29, 0.717) is 43.0 Å². The van der Waals surface area contributed by atoms with Crippen LogP contribution in [0.4, 0.5) is 5.69 Å². The quantitative estimate of drug-likeness (QED) is 0.517. The number of halogens is 2. The first-order chi connectivity index (χ1) is 15.9. The summed E-state index contributed by atoms with van der Waals surface area (Å²) in [4.78, 5) is 28.3. The second kappa shape index (κ2) is 9.79. The molecule has 0 saturated heterocycles. The molecule has 2 aliphatic rings. The number of rotatable bonds is 5. The fourth-order valence-corrected chi connectivity index (χ4v) is 5.66. The minimum absolute atomic E-state index is 0.120. The number of methoxy groups -OCH3 is 1. The molecule has 0 fully saturated rings. The van der Waals surface area contributed by atoms with Gasteiger partial charge in [0.15, 0.2) is 17.4 Å². The van der Waals surface area contributed by atoms with Crippen LogP contribution in [0.5, 0.6) is 5.75 Å². The van der Waals surface area contributed by atoms with E-state index in [0.717, 1.165) is 0 Å². The molecule has 2 aliphatic heterocycles. The number of amidine groups is 1. The number of thioether (sulfide) groups is 1. The van der Waals surface area contributed by atoms with Gasteiger partial charge in [0, 0.05) is 28.3 Å². The van der Waals surface area contributed by atoms with Gasteiger partial charge in [-0.1, -0.05) is 54.6 Å². The minimum atomic E-state index is -0.757. The van der Waals surface area contributed by atoms with Gasteiger partial charge in [0.05, 0.1) is 17.3 Å². The van der Waals surface area contributed by atoms with Crippen molar-refractivity contribution in [3.8, 4) is 5.75 Å². The van der Waals surface area contributed by atoms with Crippen LogP contribution in [-0.2, 0) is 9.59 Å². The molecule has 2 aromatic carbocycles. The fourth-order valence-electron chi connectivity index (χ4n) is 4.06. The first kappa shape index (κ1) is 23.7. The standard InChI is InChI=1S/C23H22BrClN4O3S/c1-4-10-33-23-26-21(31)19-14-8-6-7-9-17(14)28(18(30)5-2)22(29(19)27-23)15-11-13(25)12-16(24)20(15)32-3/h4,6-9,11-12,19,22H,1,5,10H2,2-3H3,(H,26,27,31). The molecule has 0 radical (unpaired) electrons. The van der Waals surface area contributed by atoms with Crippen molar-refractivity contribution < 1.29 is 14.3 Å². The number of para-hydroxylation sites is 1. The molecule has 2 unspecified atom stereocenters. The van der Waals surface area contributed by atoms with Crippen molar-refractivity contribution >= 4 is 62.0 Å². The van der Waals surface area contributed by atoms with E-state index in [-0.39, 0.29) is 18.2 Å². The third-order valence-corrected chi connectivity index (χ3v) is 7.03. The van der Waals surface area contributed by atoms with Crippen molar-refractivity contribution in [2.75, 3.05) is 17.8 Å². The van der Waals surface area contributed by atoms with Crippen LogP contribution in [0.1, 0.15) is 36.7 Å². The highest BCUT2D eigenvalue weighted by atomic mass is 79.9. The molecule has 1 N–H and O–H groups in total. The number of anilines is 1. The van der Waals surface area contributed by atoms with Gasteiger partial charge in [0.1, 0.15) is 5.75 Å². The Balaban J connectivity index is 2.01. The van der Waals surface area contributed by atoms with Crippen LogP contribution < -0.4 is 15.0 Å². The number of carbonyl (C=O) groups is 2. The average Bonchev–Trinajstić information content (AvgIpc) is 2.80. The molecule has 33 heavy (non-hydrogen) atoms. The number of benzene rings is 2. The number of hydrogen-bond donors (Lipinski definition) is 1. The number of carbonyl (C=O) groups excluding carboxylic acids is 2. The smallest absolute Gasteiger partial charge is 0.255 e. The van der Waals surface area contributed by atoms with E-state index < -0.39 is 12.2 Å². The molecular weight excluding hydrogens is 528 g/mol. The highest BCUT2D eigenvalue weighted by Crippen LogP contribution is 2.50. The number of amides is 2. The Morgan fingerprint density at radius 3 is 2.82 bits per heavy atom. The van der Waals surface area contributed by atoms with E-state index in [1.165, 1.54) is 11.8 Å². The number of hydrogen-bond acceptors (Lipinski definition) is 6. The summed E-state index contributed by atoms with van der Waals surface area (Å²) in [6, 6.07) is 10.1. The third-order valence-electron chi connectivity index (χ3n) is 5.36. The van der Waals surface area contributed by atoms with Gasteiger partial charge >= 0.3 is 0 Å². The van der Waals surface area contributed by atoms with Crippen molar-refractivity contribution in [3.63, 3.8) is 0 Å². The summed E-state index contributed by atoms with van der Waals surface area (Å²) in [6.07, 6.45) is 1.24. The molecular formula is C23H22BrClN4O3S. The maximum absolute atomic E-state index is 13.3. The summed E-state index contributed by atoms with van der Waals surface area (Å²) in [5.41, 5.74) is 1.97. The molecule has 0 aromatic heterocycles. The molecule has 0 spiro atoms. The average molecular weight is 550 g/mol. The highest BCUT2D eigenvalue weighted by Gasteiger charge is 2.48. The van der Waals surface area contributed by atoms with Crippen LogP contribution in [0.2, 0.25) is 5.02 Å². The van der Waals surface area contributed by atoms with Crippen LogP contribution in [0, 0.1) is 0 Å². The number of nitrogens with zero attached hydrogens (tertiary/aromatic N) is 3. The molecule has 2 heterocycles.